The van der Waals surface area contributed by atoms with Gasteiger partial charge in [0.2, 0.25) is 0 Å². The Kier molecular flexibility index (Phi) is 3.15. The van der Waals surface area contributed by atoms with Crippen molar-refractivity contribution in [2.24, 2.45) is 0 Å². The molecule has 94 valence electrons. The minimum absolute atomic E-state index is 0.370. The summed E-state index contributed by atoms with van der Waals surface area (Å²) in [6, 6.07) is 12.9. The monoisotopic (exact) mass is 270 g/mol. The van der Waals surface area contributed by atoms with Crippen LogP contribution >= 0.6 is 11.6 Å². The molecule has 3 nitrogen and oxygen atoms in total. The molecule has 0 radical (unpaired) electrons. The molecule has 1 N–H and O–H groups in total. The molecule has 0 aliphatic rings. The minimum atomic E-state index is -0.742. The number of aliphatic hydroxyl groups excluding tert-OH is 1. The summed E-state index contributed by atoms with van der Waals surface area (Å²) in [5, 5.41) is 11.8. The van der Waals surface area contributed by atoms with Crippen molar-refractivity contribution in [2.75, 3.05) is 0 Å². The molecule has 1 unspecified atom stereocenters. The summed E-state index contributed by atoms with van der Waals surface area (Å²) in [7, 11) is 0. The lowest BCUT2D eigenvalue weighted by molar-refractivity contribution is 0.222. The number of pyridine rings is 2. The van der Waals surface area contributed by atoms with Crippen LogP contribution in [0.25, 0.3) is 10.9 Å². The molecule has 3 rings (SSSR count). The van der Waals surface area contributed by atoms with Crippen molar-refractivity contribution in [3.8, 4) is 0 Å². The lowest BCUT2D eigenvalue weighted by Crippen LogP contribution is -2.01. The van der Waals surface area contributed by atoms with Gasteiger partial charge >= 0.3 is 0 Å². The maximum Gasteiger partial charge on any atom is 0.129 e. The van der Waals surface area contributed by atoms with Crippen LogP contribution in [-0.2, 0) is 0 Å². The highest BCUT2D eigenvalue weighted by atomic mass is 35.5. The van der Waals surface area contributed by atoms with Crippen LogP contribution in [0.3, 0.4) is 0 Å². The van der Waals surface area contributed by atoms with E-state index >= 15 is 0 Å². The van der Waals surface area contributed by atoms with Crippen LogP contribution in [0.15, 0.2) is 54.9 Å². The molecule has 2 aromatic heterocycles. The van der Waals surface area contributed by atoms with Crippen LogP contribution < -0.4 is 0 Å². The van der Waals surface area contributed by atoms with E-state index < -0.39 is 6.10 Å². The Morgan fingerprint density at radius 2 is 1.89 bits per heavy atom. The largest absolute Gasteiger partial charge is 0.384 e. The maximum atomic E-state index is 10.5. The molecule has 1 aromatic carbocycles. The van der Waals surface area contributed by atoms with Gasteiger partial charge < -0.3 is 5.11 Å². The first kappa shape index (κ1) is 12.1. The molecular weight excluding hydrogens is 260 g/mol. The summed E-state index contributed by atoms with van der Waals surface area (Å²) in [5.41, 5.74) is 2.39. The Balaban J connectivity index is 2.14. The van der Waals surface area contributed by atoms with E-state index in [1.54, 1.807) is 24.5 Å². The number of nitrogens with zero attached hydrogens (tertiary/aromatic N) is 2. The van der Waals surface area contributed by atoms with Crippen LogP contribution in [0.5, 0.6) is 0 Å². The van der Waals surface area contributed by atoms with Gasteiger partial charge in [-0.3, -0.25) is 4.98 Å². The van der Waals surface area contributed by atoms with Crippen molar-refractivity contribution >= 4 is 22.5 Å². The Labute approximate surface area is 115 Å². The van der Waals surface area contributed by atoms with Crippen LogP contribution in [0.1, 0.15) is 17.2 Å². The third kappa shape index (κ3) is 2.30. The molecule has 3 aromatic rings. The molecule has 0 aliphatic heterocycles. The van der Waals surface area contributed by atoms with Gasteiger partial charge in [-0.25, -0.2) is 4.98 Å². The zero-order valence-electron chi connectivity index (χ0n) is 9.99. The number of hydrogen-bond donors (Lipinski definition) is 1. The van der Waals surface area contributed by atoms with E-state index in [2.05, 4.69) is 9.97 Å². The van der Waals surface area contributed by atoms with Gasteiger partial charge in [0.25, 0.3) is 0 Å². The summed E-state index contributed by atoms with van der Waals surface area (Å²) in [6.07, 6.45) is 2.58. The first-order chi connectivity index (χ1) is 9.25. The minimum Gasteiger partial charge on any atom is -0.384 e. The van der Waals surface area contributed by atoms with E-state index in [1.807, 2.05) is 30.3 Å². The van der Waals surface area contributed by atoms with Gasteiger partial charge in [-0.1, -0.05) is 29.8 Å². The van der Waals surface area contributed by atoms with Crippen LogP contribution in [0.4, 0.5) is 0 Å². The molecule has 0 amide bonds. The highest BCUT2D eigenvalue weighted by Gasteiger charge is 2.14. The maximum absolute atomic E-state index is 10.5. The lowest BCUT2D eigenvalue weighted by Gasteiger charge is -2.13. The van der Waals surface area contributed by atoms with Gasteiger partial charge in [-0.15, -0.1) is 0 Å². The fraction of sp³-hybridized carbons (Fsp3) is 0.0667. The smallest absolute Gasteiger partial charge is 0.129 e. The number of rotatable bonds is 2. The summed E-state index contributed by atoms with van der Waals surface area (Å²) in [6.45, 7) is 0. The van der Waals surface area contributed by atoms with Crippen molar-refractivity contribution < 1.29 is 5.11 Å². The Morgan fingerprint density at radius 3 is 2.74 bits per heavy atom. The van der Waals surface area contributed by atoms with Gasteiger partial charge in [0.15, 0.2) is 0 Å². The molecule has 19 heavy (non-hydrogen) atoms. The number of aliphatic hydroxyl groups is 1. The van der Waals surface area contributed by atoms with Gasteiger partial charge in [-0.2, -0.15) is 0 Å². The second-order valence-electron chi connectivity index (χ2n) is 4.23. The third-order valence-corrected chi connectivity index (χ3v) is 3.25. The molecule has 0 bridgehead atoms. The SMILES string of the molecule is OC(c1ccnc(Cl)c1)c1cccc2ncccc12. The zero-order valence-corrected chi connectivity index (χ0v) is 10.7. The summed E-state index contributed by atoms with van der Waals surface area (Å²) in [5.74, 6) is 0. The third-order valence-electron chi connectivity index (χ3n) is 3.04. The van der Waals surface area contributed by atoms with Gasteiger partial charge in [-0.05, 0) is 35.4 Å². The van der Waals surface area contributed by atoms with Crippen LogP contribution in [0.2, 0.25) is 5.15 Å². The van der Waals surface area contributed by atoms with Crippen molar-refractivity contribution in [1.82, 2.24) is 9.97 Å². The van der Waals surface area contributed by atoms with Gasteiger partial charge in [0, 0.05) is 17.8 Å². The van der Waals surface area contributed by atoms with Crippen molar-refractivity contribution in [2.45, 2.75) is 6.10 Å². The highest BCUT2D eigenvalue weighted by Crippen LogP contribution is 2.28. The van der Waals surface area contributed by atoms with E-state index in [4.69, 9.17) is 11.6 Å². The topological polar surface area (TPSA) is 46.0 Å². The summed E-state index contributed by atoms with van der Waals surface area (Å²) >= 11 is 5.86. The van der Waals surface area contributed by atoms with Gasteiger partial charge in [0.05, 0.1) is 5.52 Å². The Hall–Kier alpha value is -1.97. The average molecular weight is 271 g/mol. The van der Waals surface area contributed by atoms with Crippen LogP contribution in [-0.4, -0.2) is 15.1 Å². The van der Waals surface area contributed by atoms with E-state index in [0.29, 0.717) is 5.15 Å². The lowest BCUT2D eigenvalue weighted by atomic mass is 9.98. The Bertz CT molecular complexity index is 725. The number of halogens is 1. The molecule has 0 spiro atoms. The van der Waals surface area contributed by atoms with E-state index in [0.717, 1.165) is 22.0 Å². The molecule has 0 aliphatic carbocycles. The zero-order chi connectivity index (χ0) is 13.2. The fourth-order valence-corrected chi connectivity index (χ4v) is 2.31. The van der Waals surface area contributed by atoms with E-state index in [1.165, 1.54) is 0 Å². The number of hydrogen-bond acceptors (Lipinski definition) is 3. The van der Waals surface area contributed by atoms with Crippen LogP contribution in [0, 0.1) is 0 Å². The predicted octanol–water partition coefficient (Wildman–Crippen LogP) is 3.36. The summed E-state index contributed by atoms with van der Waals surface area (Å²) in [4.78, 5) is 8.21. The molecule has 0 fully saturated rings. The fourth-order valence-electron chi connectivity index (χ4n) is 2.13. The molecule has 2 heterocycles. The molecule has 1 atom stereocenters. The number of benzene rings is 1. The number of fused-ring (bicyclic) bond motifs is 1. The summed E-state index contributed by atoms with van der Waals surface area (Å²) < 4.78 is 0. The van der Waals surface area contributed by atoms with E-state index in [-0.39, 0.29) is 0 Å². The van der Waals surface area contributed by atoms with Crippen molar-refractivity contribution in [3.63, 3.8) is 0 Å². The second kappa shape index (κ2) is 4.96. The van der Waals surface area contributed by atoms with E-state index in [9.17, 15) is 5.11 Å². The first-order valence-corrected chi connectivity index (χ1v) is 6.26. The highest BCUT2D eigenvalue weighted by molar-refractivity contribution is 6.29. The van der Waals surface area contributed by atoms with Crippen molar-refractivity contribution in [1.29, 1.82) is 0 Å². The Morgan fingerprint density at radius 1 is 1.00 bits per heavy atom. The average Bonchev–Trinajstić information content (AvgIpc) is 2.46. The van der Waals surface area contributed by atoms with Crippen molar-refractivity contribution in [3.05, 3.63) is 71.1 Å². The first-order valence-electron chi connectivity index (χ1n) is 5.89. The number of aromatic nitrogens is 2. The molecule has 0 saturated heterocycles. The second-order valence-corrected chi connectivity index (χ2v) is 4.62. The molecular formula is C15H11ClN2O. The van der Waals surface area contributed by atoms with Gasteiger partial charge in [0.1, 0.15) is 11.3 Å². The normalized spacial score (nSPS) is 12.5. The molecule has 4 heteroatoms. The predicted molar refractivity (Wildman–Crippen MR) is 75.1 cm³/mol. The molecule has 0 saturated carbocycles. The quantitative estimate of drug-likeness (QED) is 0.726. The standard InChI is InChI=1S/C15H11ClN2O/c16-14-9-10(6-8-18-14)15(19)12-3-1-5-13-11(12)4-2-7-17-13/h1-9,15,19H.